The Morgan fingerprint density at radius 1 is 1.12 bits per heavy atom. The molecule has 2 saturated carbocycles. The normalized spacial score (nSPS) is 20.8. The van der Waals surface area contributed by atoms with Crippen LogP contribution in [0.5, 0.6) is 0 Å². The standard InChI is InChI=1S/C25H34N4O4/c1-25(2,3)33-24(31)28-27-19-9-5-7-17(13-19)18-8-6-10-20(14-18)29-22(16-11-12-16)21(15-26-29)23(30)32-4/h6,8,10,14-17,19,27H,5,7,9,11-13H2,1-4H3,(H,28,31)/t17-,19?/m1/s1. The largest absolute Gasteiger partial charge is 0.465 e. The summed E-state index contributed by atoms with van der Waals surface area (Å²) in [7, 11) is 1.40. The van der Waals surface area contributed by atoms with Crippen molar-refractivity contribution in [2.75, 3.05) is 7.11 Å². The SMILES string of the molecule is COC(=O)c1cnn(-c2cccc([C@@H]3CCCC(NNC(=O)OC(C)(C)C)C3)c2)c1C1CC1. The fraction of sp³-hybridized carbons (Fsp3) is 0.560. The Bertz CT molecular complexity index is 1010. The molecule has 178 valence electrons. The lowest BCUT2D eigenvalue weighted by molar-refractivity contribution is 0.0480. The van der Waals surface area contributed by atoms with Crippen LogP contribution in [-0.2, 0) is 9.47 Å². The summed E-state index contributed by atoms with van der Waals surface area (Å²) >= 11 is 0. The van der Waals surface area contributed by atoms with Crippen LogP contribution in [-0.4, -0.2) is 40.6 Å². The quantitative estimate of drug-likeness (QED) is 0.490. The highest BCUT2D eigenvalue weighted by Gasteiger charge is 2.33. The summed E-state index contributed by atoms with van der Waals surface area (Å²) in [6, 6.07) is 8.59. The summed E-state index contributed by atoms with van der Waals surface area (Å²) in [6.45, 7) is 5.54. The highest BCUT2D eigenvalue weighted by Crippen LogP contribution is 2.43. The van der Waals surface area contributed by atoms with Gasteiger partial charge in [-0.05, 0) is 76.5 Å². The zero-order valence-corrected chi connectivity index (χ0v) is 19.9. The number of carbonyl (C=O) groups excluding carboxylic acids is 2. The first-order chi connectivity index (χ1) is 15.7. The van der Waals surface area contributed by atoms with E-state index in [9.17, 15) is 9.59 Å². The molecule has 0 aliphatic heterocycles. The molecule has 1 unspecified atom stereocenters. The number of nitrogens with zero attached hydrogens (tertiary/aromatic N) is 2. The van der Waals surface area contributed by atoms with Crippen LogP contribution in [0.25, 0.3) is 5.69 Å². The van der Waals surface area contributed by atoms with Crippen molar-refractivity contribution in [3.63, 3.8) is 0 Å². The molecule has 2 aromatic rings. The maximum atomic E-state index is 12.2. The predicted molar refractivity (Wildman–Crippen MR) is 124 cm³/mol. The van der Waals surface area contributed by atoms with E-state index in [-0.39, 0.29) is 12.0 Å². The Morgan fingerprint density at radius 2 is 1.91 bits per heavy atom. The first kappa shape index (κ1) is 23.3. The van der Waals surface area contributed by atoms with E-state index in [4.69, 9.17) is 9.47 Å². The number of hydrogen-bond acceptors (Lipinski definition) is 6. The summed E-state index contributed by atoms with van der Waals surface area (Å²) < 4.78 is 12.2. The molecule has 33 heavy (non-hydrogen) atoms. The fourth-order valence-electron chi connectivity index (χ4n) is 4.58. The minimum absolute atomic E-state index is 0.178. The smallest absolute Gasteiger partial charge is 0.422 e. The van der Waals surface area contributed by atoms with E-state index in [0.717, 1.165) is 49.9 Å². The number of methoxy groups -OCH3 is 1. The molecule has 0 radical (unpaired) electrons. The molecule has 2 aliphatic carbocycles. The van der Waals surface area contributed by atoms with Crippen molar-refractivity contribution in [3.8, 4) is 5.69 Å². The number of nitrogens with one attached hydrogen (secondary N) is 2. The van der Waals surface area contributed by atoms with Crippen LogP contribution in [0.3, 0.4) is 0 Å². The summed E-state index contributed by atoms with van der Waals surface area (Å²) in [5.41, 5.74) is 9.03. The molecule has 1 amide bonds. The van der Waals surface area contributed by atoms with Crippen molar-refractivity contribution in [1.29, 1.82) is 0 Å². The number of hydrazine groups is 1. The van der Waals surface area contributed by atoms with Crippen LogP contribution in [0, 0.1) is 0 Å². The van der Waals surface area contributed by atoms with Gasteiger partial charge in [-0.15, -0.1) is 0 Å². The van der Waals surface area contributed by atoms with Gasteiger partial charge < -0.3 is 9.47 Å². The van der Waals surface area contributed by atoms with E-state index in [2.05, 4.69) is 34.1 Å². The number of benzene rings is 1. The molecule has 1 aromatic heterocycles. The monoisotopic (exact) mass is 454 g/mol. The van der Waals surface area contributed by atoms with Gasteiger partial charge in [0.15, 0.2) is 0 Å². The number of aromatic nitrogens is 2. The lowest BCUT2D eigenvalue weighted by Gasteiger charge is -2.30. The Morgan fingerprint density at radius 3 is 2.61 bits per heavy atom. The third-order valence-corrected chi connectivity index (χ3v) is 6.21. The van der Waals surface area contributed by atoms with Crippen LogP contribution < -0.4 is 10.9 Å². The van der Waals surface area contributed by atoms with Crippen molar-refractivity contribution < 1.29 is 19.1 Å². The van der Waals surface area contributed by atoms with Gasteiger partial charge in [0.1, 0.15) is 11.2 Å². The van der Waals surface area contributed by atoms with Gasteiger partial charge >= 0.3 is 12.1 Å². The second-order valence-corrected chi connectivity index (χ2v) is 10.0. The maximum Gasteiger partial charge on any atom is 0.422 e. The molecule has 0 spiro atoms. The van der Waals surface area contributed by atoms with Gasteiger partial charge in [-0.2, -0.15) is 5.10 Å². The summed E-state index contributed by atoms with van der Waals surface area (Å²) in [5, 5.41) is 4.54. The summed E-state index contributed by atoms with van der Waals surface area (Å²) in [5.74, 6) is 0.391. The second-order valence-electron chi connectivity index (χ2n) is 10.0. The average molecular weight is 455 g/mol. The minimum Gasteiger partial charge on any atom is -0.465 e. The van der Waals surface area contributed by atoms with E-state index >= 15 is 0 Å². The fourth-order valence-corrected chi connectivity index (χ4v) is 4.58. The highest BCUT2D eigenvalue weighted by atomic mass is 16.6. The summed E-state index contributed by atoms with van der Waals surface area (Å²) in [6.07, 6.45) is 7.38. The molecule has 8 nitrogen and oxygen atoms in total. The Balaban J connectivity index is 1.47. The van der Waals surface area contributed by atoms with Gasteiger partial charge in [0.2, 0.25) is 0 Å². The third kappa shape index (κ3) is 5.74. The second kappa shape index (κ2) is 9.55. The van der Waals surface area contributed by atoms with Crippen molar-refractivity contribution in [2.45, 2.75) is 82.8 Å². The lowest BCUT2D eigenvalue weighted by Crippen LogP contribution is -2.47. The van der Waals surface area contributed by atoms with Crippen molar-refractivity contribution >= 4 is 12.1 Å². The molecule has 2 N–H and O–H groups in total. The Kier molecular flexibility index (Phi) is 6.74. The van der Waals surface area contributed by atoms with Gasteiger partial charge in [-0.3, -0.25) is 5.43 Å². The van der Waals surface area contributed by atoms with Crippen LogP contribution in [0.2, 0.25) is 0 Å². The number of ether oxygens (including phenoxy) is 2. The Hall–Kier alpha value is -2.87. The number of esters is 1. The molecule has 1 heterocycles. The molecule has 0 saturated heterocycles. The van der Waals surface area contributed by atoms with Gasteiger partial charge in [-0.25, -0.2) is 19.7 Å². The van der Waals surface area contributed by atoms with Crippen molar-refractivity contribution in [3.05, 3.63) is 47.3 Å². The number of rotatable bonds is 6. The molecular weight excluding hydrogens is 420 g/mol. The van der Waals surface area contributed by atoms with Gasteiger partial charge in [0.05, 0.1) is 24.7 Å². The van der Waals surface area contributed by atoms with Gasteiger partial charge in [0, 0.05) is 12.0 Å². The van der Waals surface area contributed by atoms with E-state index in [1.807, 2.05) is 31.5 Å². The molecule has 2 aliphatic rings. The highest BCUT2D eigenvalue weighted by molar-refractivity contribution is 5.90. The van der Waals surface area contributed by atoms with E-state index in [1.165, 1.54) is 12.7 Å². The predicted octanol–water partition coefficient (Wildman–Crippen LogP) is 4.59. The maximum absolute atomic E-state index is 12.2. The zero-order chi connectivity index (χ0) is 23.6. The van der Waals surface area contributed by atoms with E-state index < -0.39 is 11.7 Å². The number of amides is 1. The first-order valence-corrected chi connectivity index (χ1v) is 11.8. The van der Waals surface area contributed by atoms with Gasteiger partial charge in [-0.1, -0.05) is 18.6 Å². The van der Waals surface area contributed by atoms with E-state index in [0.29, 0.717) is 17.4 Å². The molecule has 2 fully saturated rings. The molecule has 8 heteroatoms. The number of carbonyl (C=O) groups is 2. The minimum atomic E-state index is -0.527. The molecule has 0 bridgehead atoms. The molecule has 4 rings (SSSR count). The number of hydrogen-bond donors (Lipinski definition) is 2. The average Bonchev–Trinajstić information content (AvgIpc) is 3.54. The van der Waals surface area contributed by atoms with Crippen LogP contribution >= 0.6 is 0 Å². The molecule has 2 atom stereocenters. The van der Waals surface area contributed by atoms with Crippen LogP contribution in [0.1, 0.15) is 92.7 Å². The van der Waals surface area contributed by atoms with Crippen molar-refractivity contribution in [1.82, 2.24) is 20.6 Å². The van der Waals surface area contributed by atoms with E-state index in [1.54, 1.807) is 6.20 Å². The summed E-state index contributed by atoms with van der Waals surface area (Å²) in [4.78, 5) is 24.2. The zero-order valence-electron chi connectivity index (χ0n) is 19.9. The molecule has 1 aromatic carbocycles. The lowest BCUT2D eigenvalue weighted by atomic mass is 9.81. The molecular formula is C25H34N4O4. The van der Waals surface area contributed by atoms with Crippen LogP contribution in [0.4, 0.5) is 4.79 Å². The topological polar surface area (TPSA) is 94.5 Å². The Labute approximate surface area is 195 Å². The van der Waals surface area contributed by atoms with Crippen molar-refractivity contribution in [2.24, 2.45) is 0 Å². The third-order valence-electron chi connectivity index (χ3n) is 6.21. The van der Waals surface area contributed by atoms with Gasteiger partial charge in [0.25, 0.3) is 0 Å². The first-order valence-electron chi connectivity index (χ1n) is 11.8. The van der Waals surface area contributed by atoms with Crippen LogP contribution in [0.15, 0.2) is 30.5 Å².